The molecule has 0 aliphatic carbocycles. The van der Waals surface area contributed by atoms with Crippen molar-refractivity contribution >= 4 is 11.6 Å². The second kappa shape index (κ2) is 6.66. The second-order valence-electron chi connectivity index (χ2n) is 5.89. The predicted octanol–water partition coefficient (Wildman–Crippen LogP) is 3.44. The van der Waals surface area contributed by atoms with Crippen LogP contribution in [0.3, 0.4) is 0 Å². The molecule has 0 fully saturated rings. The second-order valence-corrected chi connectivity index (χ2v) is 5.89. The molecule has 3 rings (SSSR count). The molecule has 1 unspecified atom stereocenters. The molecule has 2 aromatic carbocycles. The van der Waals surface area contributed by atoms with Crippen molar-refractivity contribution in [1.82, 2.24) is 5.01 Å². The highest BCUT2D eigenvalue weighted by Crippen LogP contribution is 2.40. The first kappa shape index (κ1) is 18.8. The normalized spacial score (nSPS) is 19.8. The third kappa shape index (κ3) is 3.50. The average Bonchev–Trinajstić information content (AvgIpc) is 3.01. The highest BCUT2D eigenvalue weighted by atomic mass is 19.4. The lowest BCUT2D eigenvalue weighted by Gasteiger charge is -2.31. The van der Waals surface area contributed by atoms with Crippen LogP contribution in [0.25, 0.3) is 0 Å². The molecule has 0 saturated heterocycles. The van der Waals surface area contributed by atoms with E-state index in [1.165, 1.54) is 31.4 Å². The highest BCUT2D eigenvalue weighted by Gasteiger charge is 2.53. The number of hydrogen-bond donors (Lipinski definition) is 1. The summed E-state index contributed by atoms with van der Waals surface area (Å²) in [4.78, 5) is 12.8. The lowest BCUT2D eigenvalue weighted by Crippen LogP contribution is -2.43. The standard InChI is InChI=1S/C18H14F4N2O3/c1-27-14-8-2-11(3-9-14)16(25)24-17(26,10-15(23-24)18(20,21)22)12-4-6-13(19)7-5-12/h2-9,26H,10H2,1H3. The Morgan fingerprint density at radius 1 is 1.15 bits per heavy atom. The van der Waals surface area contributed by atoms with Gasteiger partial charge >= 0.3 is 6.18 Å². The number of benzene rings is 2. The van der Waals surface area contributed by atoms with Crippen LogP contribution < -0.4 is 4.74 Å². The highest BCUT2D eigenvalue weighted by molar-refractivity contribution is 5.99. The maximum Gasteiger partial charge on any atom is 0.431 e. The van der Waals surface area contributed by atoms with Gasteiger partial charge in [0, 0.05) is 11.1 Å². The minimum absolute atomic E-state index is 0.00325. The summed E-state index contributed by atoms with van der Waals surface area (Å²) < 4.78 is 57.6. The number of hydrogen-bond acceptors (Lipinski definition) is 4. The molecule has 0 aromatic heterocycles. The van der Waals surface area contributed by atoms with Crippen molar-refractivity contribution in [3.63, 3.8) is 0 Å². The Morgan fingerprint density at radius 3 is 2.26 bits per heavy atom. The van der Waals surface area contributed by atoms with Crippen molar-refractivity contribution in [2.24, 2.45) is 5.10 Å². The van der Waals surface area contributed by atoms with E-state index < -0.39 is 35.8 Å². The Kier molecular flexibility index (Phi) is 4.64. The number of hydrazone groups is 1. The third-order valence-electron chi connectivity index (χ3n) is 4.15. The summed E-state index contributed by atoms with van der Waals surface area (Å²) in [7, 11) is 1.42. The molecule has 1 aliphatic heterocycles. The van der Waals surface area contributed by atoms with Gasteiger partial charge in [-0.2, -0.15) is 23.3 Å². The zero-order valence-corrected chi connectivity index (χ0v) is 14.0. The van der Waals surface area contributed by atoms with E-state index in [1.807, 2.05) is 0 Å². The minimum Gasteiger partial charge on any atom is -0.497 e. The molecule has 1 amide bonds. The topological polar surface area (TPSA) is 62.1 Å². The molecule has 1 atom stereocenters. The van der Waals surface area contributed by atoms with E-state index in [0.29, 0.717) is 10.8 Å². The first-order chi connectivity index (χ1) is 12.6. The van der Waals surface area contributed by atoms with Gasteiger partial charge in [0.15, 0.2) is 5.72 Å². The van der Waals surface area contributed by atoms with Crippen molar-refractivity contribution in [3.05, 3.63) is 65.5 Å². The summed E-state index contributed by atoms with van der Waals surface area (Å²) in [5, 5.41) is 14.6. The van der Waals surface area contributed by atoms with Crippen LogP contribution in [0.1, 0.15) is 22.3 Å². The SMILES string of the molecule is COc1ccc(C(=O)N2N=C(C(F)(F)F)CC2(O)c2ccc(F)cc2)cc1. The van der Waals surface area contributed by atoms with Crippen LogP contribution in [0.2, 0.25) is 0 Å². The maximum absolute atomic E-state index is 13.2. The van der Waals surface area contributed by atoms with E-state index in [4.69, 9.17) is 4.74 Å². The van der Waals surface area contributed by atoms with Crippen LogP contribution in [0.4, 0.5) is 17.6 Å². The van der Waals surface area contributed by atoms with Crippen molar-refractivity contribution < 1.29 is 32.2 Å². The fourth-order valence-electron chi connectivity index (χ4n) is 2.71. The summed E-state index contributed by atoms with van der Waals surface area (Å²) in [6.07, 6.45) is -5.80. The molecule has 0 bridgehead atoms. The van der Waals surface area contributed by atoms with Gasteiger partial charge < -0.3 is 9.84 Å². The molecule has 0 spiro atoms. The average molecular weight is 382 g/mol. The number of carbonyl (C=O) groups is 1. The molecule has 1 heterocycles. The molecule has 0 radical (unpaired) electrons. The molecular formula is C18H14F4N2O3. The van der Waals surface area contributed by atoms with E-state index in [9.17, 15) is 27.5 Å². The van der Waals surface area contributed by atoms with E-state index >= 15 is 0 Å². The Bertz CT molecular complexity index is 879. The Balaban J connectivity index is 2.04. The number of rotatable bonds is 3. The van der Waals surface area contributed by atoms with E-state index in [-0.39, 0.29) is 11.1 Å². The molecule has 1 N–H and O–H groups in total. The number of aliphatic hydroxyl groups is 1. The fourth-order valence-corrected chi connectivity index (χ4v) is 2.71. The van der Waals surface area contributed by atoms with Gasteiger partial charge in [-0.05, 0) is 36.4 Å². The molecule has 27 heavy (non-hydrogen) atoms. The van der Waals surface area contributed by atoms with Crippen LogP contribution in [0.15, 0.2) is 53.6 Å². The van der Waals surface area contributed by atoms with Gasteiger partial charge in [0.25, 0.3) is 5.91 Å². The largest absolute Gasteiger partial charge is 0.497 e. The van der Waals surface area contributed by atoms with Gasteiger partial charge in [-0.3, -0.25) is 4.79 Å². The summed E-state index contributed by atoms with van der Waals surface area (Å²) >= 11 is 0. The monoisotopic (exact) mass is 382 g/mol. The molecular weight excluding hydrogens is 368 g/mol. The van der Waals surface area contributed by atoms with E-state index in [2.05, 4.69) is 5.10 Å². The number of nitrogens with zero attached hydrogens (tertiary/aromatic N) is 2. The number of ether oxygens (including phenoxy) is 1. The Hall–Kier alpha value is -2.94. The number of amides is 1. The molecule has 5 nitrogen and oxygen atoms in total. The minimum atomic E-state index is -4.83. The van der Waals surface area contributed by atoms with Crippen molar-refractivity contribution in [1.29, 1.82) is 0 Å². The van der Waals surface area contributed by atoms with Crippen LogP contribution in [0.5, 0.6) is 5.75 Å². The van der Waals surface area contributed by atoms with Crippen LogP contribution >= 0.6 is 0 Å². The number of carbonyl (C=O) groups excluding carboxylic acids is 1. The number of methoxy groups -OCH3 is 1. The first-order valence-corrected chi connectivity index (χ1v) is 7.77. The first-order valence-electron chi connectivity index (χ1n) is 7.77. The molecule has 9 heteroatoms. The third-order valence-corrected chi connectivity index (χ3v) is 4.15. The molecule has 142 valence electrons. The van der Waals surface area contributed by atoms with Gasteiger partial charge in [-0.15, -0.1) is 0 Å². The van der Waals surface area contributed by atoms with Crippen molar-refractivity contribution in [3.8, 4) is 5.75 Å². The van der Waals surface area contributed by atoms with E-state index in [1.54, 1.807) is 0 Å². The maximum atomic E-state index is 13.2. The summed E-state index contributed by atoms with van der Waals surface area (Å²) in [6.45, 7) is 0. The Labute approximate surface area is 151 Å². The zero-order valence-electron chi connectivity index (χ0n) is 14.0. The zero-order chi connectivity index (χ0) is 19.8. The summed E-state index contributed by atoms with van der Waals surface area (Å²) in [5.41, 5.74) is -3.79. The van der Waals surface area contributed by atoms with Gasteiger partial charge in [-0.1, -0.05) is 12.1 Å². The van der Waals surface area contributed by atoms with Crippen LogP contribution in [-0.2, 0) is 5.72 Å². The smallest absolute Gasteiger partial charge is 0.431 e. The molecule has 0 saturated carbocycles. The lowest BCUT2D eigenvalue weighted by molar-refractivity contribution is -0.0816. The number of alkyl halides is 3. The van der Waals surface area contributed by atoms with Crippen molar-refractivity contribution in [2.75, 3.05) is 7.11 Å². The van der Waals surface area contributed by atoms with Gasteiger partial charge in [-0.25, -0.2) is 4.39 Å². The van der Waals surface area contributed by atoms with Gasteiger partial charge in [0.1, 0.15) is 17.3 Å². The van der Waals surface area contributed by atoms with Crippen LogP contribution in [0, 0.1) is 5.82 Å². The quantitative estimate of drug-likeness (QED) is 0.828. The number of halogens is 4. The fraction of sp³-hybridized carbons (Fsp3) is 0.222. The van der Waals surface area contributed by atoms with Gasteiger partial charge in [0.2, 0.25) is 0 Å². The molecule has 1 aliphatic rings. The summed E-state index contributed by atoms with van der Waals surface area (Å²) in [6, 6.07) is 9.77. The van der Waals surface area contributed by atoms with E-state index in [0.717, 1.165) is 24.3 Å². The molecule has 2 aromatic rings. The van der Waals surface area contributed by atoms with Crippen LogP contribution in [-0.4, -0.2) is 35.0 Å². The van der Waals surface area contributed by atoms with Gasteiger partial charge in [0.05, 0.1) is 13.5 Å². The predicted molar refractivity (Wildman–Crippen MR) is 87.6 cm³/mol. The Morgan fingerprint density at radius 2 is 1.74 bits per heavy atom. The lowest BCUT2D eigenvalue weighted by atomic mass is 9.96. The van der Waals surface area contributed by atoms with Crippen molar-refractivity contribution in [2.45, 2.75) is 18.3 Å². The summed E-state index contributed by atoms with van der Waals surface area (Å²) in [5.74, 6) is -1.13.